The van der Waals surface area contributed by atoms with Gasteiger partial charge in [-0.05, 0) is 31.7 Å². The van der Waals surface area contributed by atoms with Gasteiger partial charge in [0, 0.05) is 47.4 Å². The van der Waals surface area contributed by atoms with Crippen LogP contribution < -0.4 is 5.32 Å². The maximum absolute atomic E-state index is 14.0. The third kappa shape index (κ3) is 6.83. The number of nitrogens with one attached hydrogen (secondary N) is 1. The summed E-state index contributed by atoms with van der Waals surface area (Å²) in [5, 5.41) is 15.0. The average molecular weight is 611 g/mol. The number of carbonyl (C=O) groups excluding carboxylic acids is 1. The van der Waals surface area contributed by atoms with Gasteiger partial charge in [-0.25, -0.2) is 14.2 Å². The highest BCUT2D eigenvalue weighted by atomic mass is 79.9. The number of carboxylic acids is 1. The zero-order chi connectivity index (χ0) is 27.2. The summed E-state index contributed by atoms with van der Waals surface area (Å²) in [6.45, 7) is 4.13. The molecular formula is C25H29BrFN5O5S. The van der Waals surface area contributed by atoms with E-state index in [9.17, 15) is 19.1 Å². The first-order valence-corrected chi connectivity index (χ1v) is 13.8. The highest BCUT2D eigenvalue weighted by Gasteiger charge is 2.36. The molecule has 0 saturated carbocycles. The molecule has 2 unspecified atom stereocenters. The van der Waals surface area contributed by atoms with Gasteiger partial charge in [0.15, 0.2) is 10.8 Å². The molecule has 204 valence electrons. The van der Waals surface area contributed by atoms with Crippen LogP contribution in [0.15, 0.2) is 50.5 Å². The van der Waals surface area contributed by atoms with Crippen molar-refractivity contribution in [1.29, 1.82) is 0 Å². The summed E-state index contributed by atoms with van der Waals surface area (Å²) >= 11 is 4.85. The maximum Gasteiger partial charge on any atom is 0.338 e. The van der Waals surface area contributed by atoms with Crippen LogP contribution in [0, 0.1) is 5.82 Å². The molecule has 2 aromatic rings. The summed E-state index contributed by atoms with van der Waals surface area (Å²) in [7, 11) is 1.75. The van der Waals surface area contributed by atoms with Crippen molar-refractivity contribution >= 4 is 45.0 Å². The van der Waals surface area contributed by atoms with Crippen molar-refractivity contribution in [3.8, 4) is 0 Å². The number of esters is 1. The molecule has 0 bridgehead atoms. The molecule has 1 fully saturated rings. The van der Waals surface area contributed by atoms with E-state index in [2.05, 4.69) is 31.1 Å². The monoisotopic (exact) mass is 609 g/mol. The van der Waals surface area contributed by atoms with Crippen LogP contribution in [0.3, 0.4) is 0 Å². The second kappa shape index (κ2) is 12.9. The SMILES string of the molecule is CCOC(=O)C1=C(CN2CCOCC2CN(C)CC(=O)O)NC(c2nccs2)=NC1c1ccc(F)cc1Br. The van der Waals surface area contributed by atoms with Crippen molar-refractivity contribution in [3.63, 3.8) is 0 Å². The van der Waals surface area contributed by atoms with Gasteiger partial charge in [0.25, 0.3) is 0 Å². The Morgan fingerprint density at radius 3 is 2.92 bits per heavy atom. The standard InChI is InChI=1S/C25H29BrFN5O5S/c1-3-37-25(35)21-19(12-32-7-8-36-14-16(32)11-31(2)13-20(33)34)29-23(24-28-6-9-38-24)30-22(21)17-5-4-15(27)10-18(17)26/h4-6,9-10,16,22H,3,7-8,11-14H2,1-2H3,(H,29,30)(H,33,34). The van der Waals surface area contributed by atoms with Gasteiger partial charge >= 0.3 is 11.9 Å². The average Bonchev–Trinajstić information content (AvgIpc) is 3.40. The number of benzene rings is 1. The number of amidine groups is 1. The fourth-order valence-corrected chi connectivity index (χ4v) is 5.65. The quantitative estimate of drug-likeness (QED) is 0.392. The molecule has 1 aromatic carbocycles. The minimum Gasteiger partial charge on any atom is -0.480 e. The van der Waals surface area contributed by atoms with E-state index in [0.717, 1.165) is 0 Å². The van der Waals surface area contributed by atoms with Crippen LogP contribution in [0.1, 0.15) is 23.5 Å². The van der Waals surface area contributed by atoms with E-state index in [0.29, 0.717) is 65.0 Å². The molecule has 0 amide bonds. The van der Waals surface area contributed by atoms with Crippen LogP contribution in [0.2, 0.25) is 0 Å². The normalized spacial score (nSPS) is 20.3. The molecule has 2 aliphatic heterocycles. The highest BCUT2D eigenvalue weighted by molar-refractivity contribution is 9.10. The van der Waals surface area contributed by atoms with Crippen molar-refractivity contribution in [2.24, 2.45) is 4.99 Å². The zero-order valence-electron chi connectivity index (χ0n) is 21.0. The smallest absolute Gasteiger partial charge is 0.338 e. The molecule has 0 aliphatic carbocycles. The number of thiazole rings is 1. The molecule has 13 heteroatoms. The minimum atomic E-state index is -0.908. The highest BCUT2D eigenvalue weighted by Crippen LogP contribution is 2.37. The first kappa shape index (κ1) is 28.3. The Balaban J connectivity index is 1.75. The van der Waals surface area contributed by atoms with Crippen LogP contribution in [-0.2, 0) is 19.1 Å². The van der Waals surface area contributed by atoms with Gasteiger partial charge < -0.3 is 19.9 Å². The third-order valence-corrected chi connectivity index (χ3v) is 7.62. The number of aliphatic carboxylic acids is 1. The van der Waals surface area contributed by atoms with Crippen LogP contribution in [0.5, 0.6) is 0 Å². The van der Waals surface area contributed by atoms with E-state index in [1.165, 1.54) is 23.5 Å². The Labute approximate surface area is 232 Å². The predicted molar refractivity (Wildman–Crippen MR) is 144 cm³/mol. The molecule has 2 aliphatic rings. The molecular weight excluding hydrogens is 581 g/mol. The molecule has 4 rings (SSSR count). The van der Waals surface area contributed by atoms with Crippen molar-refractivity contribution < 1.29 is 28.6 Å². The number of aromatic nitrogens is 1. The fraction of sp³-hybridized carbons (Fsp3) is 0.440. The van der Waals surface area contributed by atoms with E-state index in [-0.39, 0.29) is 19.2 Å². The Morgan fingerprint density at radius 2 is 2.24 bits per heavy atom. The minimum absolute atomic E-state index is 0.0963. The number of hydrogen-bond acceptors (Lipinski definition) is 10. The Hall–Kier alpha value is -2.71. The van der Waals surface area contributed by atoms with Gasteiger partial charge in [0.1, 0.15) is 11.9 Å². The molecule has 1 saturated heterocycles. The number of ether oxygens (including phenoxy) is 2. The van der Waals surface area contributed by atoms with Crippen LogP contribution >= 0.6 is 27.3 Å². The summed E-state index contributed by atoms with van der Waals surface area (Å²) in [6.07, 6.45) is 1.67. The molecule has 2 N–H and O–H groups in total. The number of hydrogen-bond donors (Lipinski definition) is 2. The maximum atomic E-state index is 14.0. The van der Waals surface area contributed by atoms with Crippen LogP contribution in [0.25, 0.3) is 0 Å². The molecule has 3 heterocycles. The third-order valence-electron chi connectivity index (χ3n) is 6.15. The van der Waals surface area contributed by atoms with E-state index < -0.39 is 23.8 Å². The lowest BCUT2D eigenvalue weighted by molar-refractivity contribution is -0.139. The number of nitrogens with zero attached hydrogens (tertiary/aromatic N) is 4. The molecule has 0 spiro atoms. The van der Waals surface area contributed by atoms with E-state index >= 15 is 0 Å². The molecule has 10 nitrogen and oxygen atoms in total. The number of aliphatic imine (C=N–C) groups is 1. The van der Waals surface area contributed by atoms with Crippen molar-refractivity contribution in [2.75, 3.05) is 53.0 Å². The van der Waals surface area contributed by atoms with Gasteiger partial charge in [-0.2, -0.15) is 0 Å². The summed E-state index contributed by atoms with van der Waals surface area (Å²) in [6, 6.07) is 3.40. The Bertz CT molecular complexity index is 1220. The molecule has 2 atom stereocenters. The van der Waals surface area contributed by atoms with E-state index in [1.807, 2.05) is 5.38 Å². The second-order valence-electron chi connectivity index (χ2n) is 8.91. The Kier molecular flexibility index (Phi) is 9.60. The van der Waals surface area contributed by atoms with Crippen LogP contribution in [-0.4, -0.2) is 96.8 Å². The predicted octanol–water partition coefficient (Wildman–Crippen LogP) is 2.67. The fourth-order valence-electron chi connectivity index (χ4n) is 4.49. The van der Waals surface area contributed by atoms with Crippen molar-refractivity contribution in [3.05, 3.63) is 61.9 Å². The van der Waals surface area contributed by atoms with E-state index in [4.69, 9.17) is 14.5 Å². The first-order valence-electron chi connectivity index (χ1n) is 12.1. The zero-order valence-corrected chi connectivity index (χ0v) is 23.4. The summed E-state index contributed by atoms with van der Waals surface area (Å²) in [5.41, 5.74) is 1.53. The first-order chi connectivity index (χ1) is 18.3. The molecule has 0 radical (unpaired) electrons. The number of likely N-dealkylation sites (N-methyl/N-ethyl adjacent to an activating group) is 1. The lowest BCUT2D eigenvalue weighted by atomic mass is 9.95. The number of carbonyl (C=O) groups is 2. The van der Waals surface area contributed by atoms with Crippen molar-refractivity contribution in [2.45, 2.75) is 19.0 Å². The molecule has 1 aromatic heterocycles. The van der Waals surface area contributed by atoms with E-state index in [1.54, 1.807) is 31.1 Å². The summed E-state index contributed by atoms with van der Waals surface area (Å²) < 4.78 is 25.6. The summed E-state index contributed by atoms with van der Waals surface area (Å²) in [4.78, 5) is 37.7. The lowest BCUT2D eigenvalue weighted by Crippen LogP contribution is -2.53. The van der Waals surface area contributed by atoms with Gasteiger partial charge in [-0.15, -0.1) is 11.3 Å². The number of halogens is 2. The van der Waals surface area contributed by atoms with Crippen molar-refractivity contribution in [1.82, 2.24) is 20.1 Å². The van der Waals surface area contributed by atoms with Gasteiger partial charge in [-0.1, -0.05) is 22.0 Å². The number of carboxylic acid groups (broad SMARTS) is 1. The number of morpholine rings is 1. The molecule has 38 heavy (non-hydrogen) atoms. The van der Waals surface area contributed by atoms with Gasteiger partial charge in [0.05, 0.1) is 31.9 Å². The second-order valence-corrected chi connectivity index (χ2v) is 10.7. The van der Waals surface area contributed by atoms with Gasteiger partial charge in [0.2, 0.25) is 0 Å². The largest absolute Gasteiger partial charge is 0.480 e. The van der Waals surface area contributed by atoms with Gasteiger partial charge in [-0.3, -0.25) is 19.6 Å². The lowest BCUT2D eigenvalue weighted by Gasteiger charge is -2.39. The topological polar surface area (TPSA) is 117 Å². The summed E-state index contributed by atoms with van der Waals surface area (Å²) in [5.74, 6) is -1.35. The van der Waals surface area contributed by atoms with Crippen LogP contribution in [0.4, 0.5) is 4.39 Å². The Morgan fingerprint density at radius 1 is 1.42 bits per heavy atom. The number of rotatable bonds is 10.